The van der Waals surface area contributed by atoms with Crippen LogP contribution in [0.25, 0.3) is 0 Å². The highest BCUT2D eigenvalue weighted by atomic mass is 35.5. The van der Waals surface area contributed by atoms with E-state index in [0.717, 1.165) is 49.4 Å². The lowest BCUT2D eigenvalue weighted by Gasteiger charge is -2.17. The van der Waals surface area contributed by atoms with Crippen molar-refractivity contribution in [2.45, 2.75) is 32.1 Å². The summed E-state index contributed by atoms with van der Waals surface area (Å²) in [6.07, 6.45) is 4.83. The molecule has 2 nitrogen and oxygen atoms in total. The van der Waals surface area contributed by atoms with Gasteiger partial charge in [0.05, 0.1) is 6.42 Å². The van der Waals surface area contributed by atoms with Gasteiger partial charge < -0.3 is 4.90 Å². The van der Waals surface area contributed by atoms with Gasteiger partial charge in [0.2, 0.25) is 5.91 Å². The van der Waals surface area contributed by atoms with Crippen molar-refractivity contribution < 1.29 is 4.79 Å². The Morgan fingerprint density at radius 1 is 1.17 bits per heavy atom. The molecule has 0 N–H and O–H groups in total. The predicted molar refractivity (Wildman–Crippen MR) is 76.7 cm³/mol. The van der Waals surface area contributed by atoms with Crippen LogP contribution in [0.5, 0.6) is 0 Å². The topological polar surface area (TPSA) is 20.3 Å². The van der Waals surface area contributed by atoms with Gasteiger partial charge in [-0.1, -0.05) is 30.5 Å². The van der Waals surface area contributed by atoms with Crippen LogP contribution in [0.1, 0.15) is 31.2 Å². The minimum absolute atomic E-state index is 0.185. The third-order valence-corrected chi connectivity index (χ3v) is 3.75. The molecule has 0 spiro atoms. The number of carbonyl (C=O) groups is 1. The highest BCUT2D eigenvalue weighted by Crippen LogP contribution is 2.31. The third kappa shape index (κ3) is 3.18. The fourth-order valence-corrected chi connectivity index (χ4v) is 2.65. The van der Waals surface area contributed by atoms with Gasteiger partial charge in [0, 0.05) is 23.1 Å². The summed E-state index contributed by atoms with van der Waals surface area (Å²) in [6.45, 7) is 0.786. The van der Waals surface area contributed by atoms with Crippen molar-refractivity contribution in [3.63, 3.8) is 0 Å². The Labute approximate surface area is 118 Å². The van der Waals surface area contributed by atoms with Gasteiger partial charge in [0.15, 0.2) is 0 Å². The Kier molecular flexibility index (Phi) is 4.90. The number of carbonyl (C=O) groups excluding carboxylic acids is 1. The second-order valence-electron chi connectivity index (χ2n) is 4.60. The van der Waals surface area contributed by atoms with E-state index in [0.29, 0.717) is 11.4 Å². The van der Waals surface area contributed by atoms with Crippen LogP contribution in [0.3, 0.4) is 0 Å². The van der Waals surface area contributed by atoms with E-state index in [1.165, 1.54) is 0 Å². The third-order valence-electron chi connectivity index (χ3n) is 3.25. The van der Waals surface area contributed by atoms with Crippen LogP contribution in [-0.2, 0) is 11.2 Å². The lowest BCUT2D eigenvalue weighted by Crippen LogP contribution is -2.27. The molecule has 1 aliphatic rings. The van der Waals surface area contributed by atoms with Gasteiger partial charge in [0.1, 0.15) is 0 Å². The van der Waals surface area contributed by atoms with Gasteiger partial charge >= 0.3 is 0 Å². The number of rotatable bonds is 6. The molecule has 0 unspecified atom stereocenters. The fourth-order valence-electron chi connectivity index (χ4n) is 2.29. The van der Waals surface area contributed by atoms with E-state index in [1.807, 2.05) is 23.1 Å². The number of fused-ring (bicyclic) bond motifs is 1. The molecule has 0 saturated heterocycles. The zero-order valence-electron chi connectivity index (χ0n) is 10.3. The number of halogens is 2. The van der Waals surface area contributed by atoms with E-state index in [2.05, 4.69) is 0 Å². The minimum atomic E-state index is 0.185. The monoisotopic (exact) mass is 285 g/mol. The lowest BCUT2D eigenvalue weighted by atomic mass is 10.1. The summed E-state index contributed by atoms with van der Waals surface area (Å²) in [6, 6.07) is 5.68. The average Bonchev–Trinajstić information content (AvgIpc) is 2.65. The van der Waals surface area contributed by atoms with Gasteiger partial charge in [0.25, 0.3) is 0 Å². The maximum absolute atomic E-state index is 11.9. The van der Waals surface area contributed by atoms with Crippen molar-refractivity contribution in [3.05, 3.63) is 28.8 Å². The zero-order valence-corrected chi connectivity index (χ0v) is 11.8. The Balaban J connectivity index is 1.93. The van der Waals surface area contributed by atoms with E-state index < -0.39 is 0 Å². The standard InChI is InChI=1S/C14H17Cl2NO/c15-7-3-1-2-4-8-17-13-10-12(16)6-5-11(13)9-14(17)18/h5-6,10H,1-4,7-9H2. The van der Waals surface area contributed by atoms with Crippen LogP contribution < -0.4 is 4.90 Å². The van der Waals surface area contributed by atoms with Gasteiger partial charge in [-0.2, -0.15) is 0 Å². The second-order valence-corrected chi connectivity index (χ2v) is 5.41. The largest absolute Gasteiger partial charge is 0.312 e. The molecule has 18 heavy (non-hydrogen) atoms. The van der Waals surface area contributed by atoms with Crippen molar-refractivity contribution in [1.29, 1.82) is 0 Å². The number of unbranched alkanes of at least 4 members (excludes halogenated alkanes) is 3. The first-order chi connectivity index (χ1) is 8.72. The molecule has 1 aliphatic heterocycles. The van der Waals surface area contributed by atoms with Crippen LogP contribution >= 0.6 is 23.2 Å². The number of anilines is 1. The van der Waals surface area contributed by atoms with Crippen LogP contribution in [0.4, 0.5) is 5.69 Å². The summed E-state index contributed by atoms with van der Waals surface area (Å²) in [4.78, 5) is 13.8. The predicted octanol–water partition coefficient (Wildman–Crippen LogP) is 4.03. The van der Waals surface area contributed by atoms with E-state index in [4.69, 9.17) is 23.2 Å². The maximum atomic E-state index is 11.9. The highest BCUT2D eigenvalue weighted by molar-refractivity contribution is 6.31. The molecule has 0 saturated carbocycles. The normalized spacial score (nSPS) is 14.1. The molecule has 0 aliphatic carbocycles. The molecule has 0 bridgehead atoms. The Bertz CT molecular complexity index is 434. The van der Waals surface area contributed by atoms with Gasteiger partial charge in [-0.25, -0.2) is 0 Å². The van der Waals surface area contributed by atoms with Crippen molar-refractivity contribution >= 4 is 34.8 Å². The van der Waals surface area contributed by atoms with Crippen LogP contribution in [0, 0.1) is 0 Å². The van der Waals surface area contributed by atoms with E-state index in [1.54, 1.807) is 0 Å². The van der Waals surface area contributed by atoms with Crippen LogP contribution in [-0.4, -0.2) is 18.3 Å². The van der Waals surface area contributed by atoms with Gasteiger partial charge in [-0.05, 0) is 30.5 Å². The van der Waals surface area contributed by atoms with Crippen molar-refractivity contribution in [3.8, 4) is 0 Å². The first kappa shape index (κ1) is 13.7. The SMILES string of the molecule is O=C1Cc2ccc(Cl)cc2N1CCCCCCCl. The van der Waals surface area contributed by atoms with Crippen LogP contribution in [0.2, 0.25) is 5.02 Å². The Morgan fingerprint density at radius 2 is 1.94 bits per heavy atom. The number of hydrogen-bond donors (Lipinski definition) is 0. The quantitative estimate of drug-likeness (QED) is 0.571. The molecule has 0 radical (unpaired) electrons. The first-order valence-corrected chi connectivity index (χ1v) is 7.28. The number of alkyl halides is 1. The smallest absolute Gasteiger partial charge is 0.231 e. The molecule has 2 rings (SSSR count). The molecule has 1 aromatic rings. The second kappa shape index (κ2) is 6.44. The average molecular weight is 286 g/mol. The summed E-state index contributed by atoms with van der Waals surface area (Å²) in [5.41, 5.74) is 2.08. The number of benzene rings is 1. The molecule has 1 heterocycles. The maximum Gasteiger partial charge on any atom is 0.231 e. The van der Waals surface area contributed by atoms with E-state index in [-0.39, 0.29) is 5.91 Å². The summed E-state index contributed by atoms with van der Waals surface area (Å²) < 4.78 is 0. The number of amides is 1. The molecular formula is C14H17Cl2NO. The highest BCUT2D eigenvalue weighted by Gasteiger charge is 2.26. The molecule has 0 aromatic heterocycles. The molecule has 0 atom stereocenters. The summed E-state index contributed by atoms with van der Waals surface area (Å²) in [5, 5.41) is 0.690. The minimum Gasteiger partial charge on any atom is -0.312 e. The van der Waals surface area contributed by atoms with E-state index in [9.17, 15) is 4.79 Å². The fraction of sp³-hybridized carbons (Fsp3) is 0.500. The van der Waals surface area contributed by atoms with Crippen LogP contribution in [0.15, 0.2) is 18.2 Å². The van der Waals surface area contributed by atoms with Gasteiger partial charge in [-0.3, -0.25) is 4.79 Å². The van der Waals surface area contributed by atoms with E-state index >= 15 is 0 Å². The molecule has 1 amide bonds. The zero-order chi connectivity index (χ0) is 13.0. The van der Waals surface area contributed by atoms with Crippen molar-refractivity contribution in [2.75, 3.05) is 17.3 Å². The molecular weight excluding hydrogens is 269 g/mol. The summed E-state index contributed by atoms with van der Waals surface area (Å²) >= 11 is 11.6. The van der Waals surface area contributed by atoms with Gasteiger partial charge in [-0.15, -0.1) is 11.6 Å². The molecule has 98 valence electrons. The first-order valence-electron chi connectivity index (χ1n) is 6.37. The molecule has 1 aromatic carbocycles. The van der Waals surface area contributed by atoms with Crippen molar-refractivity contribution in [1.82, 2.24) is 0 Å². The summed E-state index contributed by atoms with van der Waals surface area (Å²) in [7, 11) is 0. The summed E-state index contributed by atoms with van der Waals surface area (Å²) in [5.74, 6) is 0.908. The Hall–Kier alpha value is -0.730. The number of hydrogen-bond acceptors (Lipinski definition) is 1. The Morgan fingerprint density at radius 3 is 2.72 bits per heavy atom. The number of nitrogens with zero attached hydrogens (tertiary/aromatic N) is 1. The molecule has 0 fully saturated rings. The molecule has 4 heteroatoms. The lowest BCUT2D eigenvalue weighted by molar-refractivity contribution is -0.117. The van der Waals surface area contributed by atoms with Crippen molar-refractivity contribution in [2.24, 2.45) is 0 Å².